The van der Waals surface area contributed by atoms with Crippen LogP contribution in [0, 0.1) is 13.8 Å². The number of aromatic nitrogens is 2. The van der Waals surface area contributed by atoms with Crippen LogP contribution in [-0.2, 0) is 11.3 Å². The number of esters is 1. The number of nitrogens with zero attached hydrogens (tertiary/aromatic N) is 2. The molecule has 2 heterocycles. The van der Waals surface area contributed by atoms with Gasteiger partial charge in [-0.25, -0.2) is 9.78 Å². The van der Waals surface area contributed by atoms with Crippen molar-refractivity contribution in [2.45, 2.75) is 40.3 Å². The Bertz CT molecular complexity index is 1450. The van der Waals surface area contributed by atoms with Gasteiger partial charge < -0.3 is 10.1 Å². The molecule has 34 heavy (non-hydrogen) atoms. The van der Waals surface area contributed by atoms with Crippen LogP contribution in [0.25, 0.3) is 10.2 Å². The molecule has 0 bridgehead atoms. The van der Waals surface area contributed by atoms with Crippen LogP contribution in [-0.4, -0.2) is 27.5 Å². The van der Waals surface area contributed by atoms with Crippen molar-refractivity contribution in [3.63, 3.8) is 0 Å². The fourth-order valence-corrected chi connectivity index (χ4v) is 4.69. The summed E-state index contributed by atoms with van der Waals surface area (Å²) in [4.78, 5) is 43.8. The Morgan fingerprint density at radius 1 is 1.12 bits per heavy atom. The number of nitrogens with one attached hydrogen (secondary N) is 1. The Balaban J connectivity index is 1.63. The predicted octanol–water partition coefficient (Wildman–Crippen LogP) is 4.94. The number of thiophene rings is 1. The molecule has 2 aromatic carbocycles. The van der Waals surface area contributed by atoms with Crippen molar-refractivity contribution in [3.05, 3.63) is 92.3 Å². The van der Waals surface area contributed by atoms with Gasteiger partial charge in [0.25, 0.3) is 11.5 Å². The van der Waals surface area contributed by atoms with Gasteiger partial charge in [0.1, 0.15) is 4.83 Å². The lowest BCUT2D eigenvalue weighted by atomic mass is 10.1. The van der Waals surface area contributed by atoms with E-state index >= 15 is 0 Å². The predicted molar refractivity (Wildman–Crippen MR) is 134 cm³/mol. The molecule has 0 atom stereocenters. The Labute approximate surface area is 201 Å². The van der Waals surface area contributed by atoms with E-state index in [0.29, 0.717) is 26.2 Å². The average Bonchev–Trinajstić information content (AvgIpc) is 3.14. The number of anilines is 1. The summed E-state index contributed by atoms with van der Waals surface area (Å²) < 4.78 is 6.74. The molecule has 0 saturated heterocycles. The van der Waals surface area contributed by atoms with Crippen molar-refractivity contribution in [1.29, 1.82) is 0 Å². The number of ether oxygens (including phenoxy) is 1. The van der Waals surface area contributed by atoms with Crippen molar-refractivity contribution in [2.75, 3.05) is 5.32 Å². The van der Waals surface area contributed by atoms with Crippen molar-refractivity contribution in [3.8, 4) is 0 Å². The first-order chi connectivity index (χ1) is 16.2. The average molecular weight is 476 g/mol. The van der Waals surface area contributed by atoms with Crippen molar-refractivity contribution in [2.24, 2.45) is 0 Å². The van der Waals surface area contributed by atoms with E-state index in [4.69, 9.17) is 4.74 Å². The van der Waals surface area contributed by atoms with Crippen LogP contribution in [0.1, 0.15) is 50.6 Å². The van der Waals surface area contributed by atoms with Gasteiger partial charge in [0, 0.05) is 5.69 Å². The van der Waals surface area contributed by atoms with E-state index in [1.54, 1.807) is 39.0 Å². The number of rotatable bonds is 6. The summed E-state index contributed by atoms with van der Waals surface area (Å²) in [7, 11) is 0. The van der Waals surface area contributed by atoms with E-state index in [-0.39, 0.29) is 24.1 Å². The summed E-state index contributed by atoms with van der Waals surface area (Å²) in [6, 6.07) is 14.5. The van der Waals surface area contributed by atoms with Gasteiger partial charge in [-0.2, -0.15) is 0 Å². The van der Waals surface area contributed by atoms with Gasteiger partial charge in [-0.3, -0.25) is 14.2 Å². The number of benzene rings is 2. The van der Waals surface area contributed by atoms with Gasteiger partial charge in [-0.05, 0) is 62.6 Å². The highest BCUT2D eigenvalue weighted by Crippen LogP contribution is 2.28. The summed E-state index contributed by atoms with van der Waals surface area (Å²) in [5, 5.41) is 3.35. The minimum atomic E-state index is -0.407. The topological polar surface area (TPSA) is 90.3 Å². The van der Waals surface area contributed by atoms with Crippen LogP contribution >= 0.6 is 11.3 Å². The van der Waals surface area contributed by atoms with E-state index in [9.17, 15) is 14.4 Å². The molecule has 2 aromatic heterocycles. The SMILES string of the molecule is Cc1ccccc1NC(=O)c1sc2ncn(Cc3cccc(C(=O)OC(C)C)c3)c(=O)c2c1C. The monoisotopic (exact) mass is 475 g/mol. The van der Waals surface area contributed by atoms with Crippen LogP contribution in [0.15, 0.2) is 59.7 Å². The molecule has 8 heteroatoms. The second kappa shape index (κ2) is 9.61. The molecule has 174 valence electrons. The summed E-state index contributed by atoms with van der Waals surface area (Å²) in [6.07, 6.45) is 1.26. The van der Waals surface area contributed by atoms with Crippen molar-refractivity contribution < 1.29 is 14.3 Å². The number of carbonyl (C=O) groups is 2. The van der Waals surface area contributed by atoms with Gasteiger partial charge in [-0.1, -0.05) is 30.3 Å². The molecule has 0 fully saturated rings. The lowest BCUT2D eigenvalue weighted by Crippen LogP contribution is -2.21. The van der Waals surface area contributed by atoms with Gasteiger partial charge in [0.15, 0.2) is 0 Å². The highest BCUT2D eigenvalue weighted by Gasteiger charge is 2.20. The third kappa shape index (κ3) is 4.77. The summed E-state index contributed by atoms with van der Waals surface area (Å²) in [5.41, 5.74) is 3.25. The molecule has 4 rings (SSSR count). The quantitative estimate of drug-likeness (QED) is 0.399. The first-order valence-corrected chi connectivity index (χ1v) is 11.7. The largest absolute Gasteiger partial charge is 0.459 e. The van der Waals surface area contributed by atoms with Crippen LogP contribution in [0.5, 0.6) is 0 Å². The molecule has 0 aliphatic carbocycles. The number of fused-ring (bicyclic) bond motifs is 1. The maximum absolute atomic E-state index is 13.3. The van der Waals surface area contributed by atoms with E-state index in [0.717, 1.165) is 16.8 Å². The van der Waals surface area contributed by atoms with Gasteiger partial charge >= 0.3 is 5.97 Å². The van der Waals surface area contributed by atoms with Crippen molar-refractivity contribution in [1.82, 2.24) is 9.55 Å². The molecular formula is C26H25N3O4S. The van der Waals surface area contributed by atoms with E-state index in [1.165, 1.54) is 22.2 Å². The molecule has 4 aromatic rings. The first kappa shape index (κ1) is 23.4. The highest BCUT2D eigenvalue weighted by atomic mass is 32.1. The molecule has 0 aliphatic rings. The Morgan fingerprint density at radius 3 is 2.62 bits per heavy atom. The van der Waals surface area contributed by atoms with Gasteiger partial charge in [0.05, 0.1) is 34.8 Å². The zero-order chi connectivity index (χ0) is 24.4. The van der Waals surface area contributed by atoms with Crippen LogP contribution in [0.3, 0.4) is 0 Å². The van der Waals surface area contributed by atoms with Crippen molar-refractivity contribution >= 4 is 39.1 Å². The summed E-state index contributed by atoms with van der Waals surface area (Å²) in [5.74, 6) is -0.673. The molecule has 1 N–H and O–H groups in total. The normalized spacial score (nSPS) is 11.1. The Morgan fingerprint density at radius 2 is 1.88 bits per heavy atom. The lowest BCUT2D eigenvalue weighted by molar-refractivity contribution is 0.0377. The minimum Gasteiger partial charge on any atom is -0.459 e. The number of hydrogen-bond donors (Lipinski definition) is 1. The molecule has 0 spiro atoms. The molecule has 1 amide bonds. The van der Waals surface area contributed by atoms with Crippen LogP contribution in [0.4, 0.5) is 5.69 Å². The molecular weight excluding hydrogens is 450 g/mol. The number of hydrogen-bond acceptors (Lipinski definition) is 6. The number of carbonyl (C=O) groups excluding carboxylic acids is 2. The molecule has 0 unspecified atom stereocenters. The van der Waals surface area contributed by atoms with Gasteiger partial charge in [-0.15, -0.1) is 11.3 Å². The Hall–Kier alpha value is -3.78. The third-order valence-corrected chi connectivity index (χ3v) is 6.57. The number of aryl methyl sites for hydroxylation is 2. The smallest absolute Gasteiger partial charge is 0.338 e. The van der Waals surface area contributed by atoms with E-state index in [1.807, 2.05) is 37.3 Å². The number of para-hydroxylation sites is 1. The zero-order valence-corrected chi connectivity index (χ0v) is 20.2. The second-order valence-electron chi connectivity index (χ2n) is 8.34. The second-order valence-corrected chi connectivity index (χ2v) is 9.34. The summed E-state index contributed by atoms with van der Waals surface area (Å²) >= 11 is 1.20. The summed E-state index contributed by atoms with van der Waals surface area (Å²) in [6.45, 7) is 7.51. The van der Waals surface area contributed by atoms with Gasteiger partial charge in [0.2, 0.25) is 0 Å². The fraction of sp³-hybridized carbons (Fsp3) is 0.231. The fourth-order valence-electron chi connectivity index (χ4n) is 3.66. The minimum absolute atomic E-state index is 0.218. The maximum Gasteiger partial charge on any atom is 0.338 e. The van der Waals surface area contributed by atoms with Crippen LogP contribution < -0.4 is 10.9 Å². The zero-order valence-electron chi connectivity index (χ0n) is 19.4. The van der Waals surface area contributed by atoms with E-state index < -0.39 is 5.97 Å². The molecule has 7 nitrogen and oxygen atoms in total. The first-order valence-electron chi connectivity index (χ1n) is 10.9. The molecule has 0 radical (unpaired) electrons. The molecule has 0 saturated carbocycles. The highest BCUT2D eigenvalue weighted by molar-refractivity contribution is 7.20. The lowest BCUT2D eigenvalue weighted by Gasteiger charge is -2.10. The third-order valence-electron chi connectivity index (χ3n) is 5.38. The van der Waals surface area contributed by atoms with E-state index in [2.05, 4.69) is 10.3 Å². The maximum atomic E-state index is 13.3. The number of amides is 1. The van der Waals surface area contributed by atoms with Crippen LogP contribution in [0.2, 0.25) is 0 Å². The Kier molecular flexibility index (Phi) is 6.61. The standard InChI is InChI=1S/C26H25N3O4S/c1-15(2)33-26(32)19-10-7-9-18(12-19)13-29-14-27-24-21(25(29)31)17(4)22(34-24)23(30)28-20-11-6-5-8-16(20)3/h5-12,14-15H,13H2,1-4H3,(H,28,30). The molecule has 0 aliphatic heterocycles.